The van der Waals surface area contributed by atoms with E-state index in [0.29, 0.717) is 6.42 Å². The zero-order valence-corrected chi connectivity index (χ0v) is 11.3. The van der Waals surface area contributed by atoms with E-state index in [4.69, 9.17) is 0 Å². The summed E-state index contributed by atoms with van der Waals surface area (Å²) in [7, 11) is -3.67. The van der Waals surface area contributed by atoms with Crippen molar-refractivity contribution in [3.8, 4) is 0 Å². The lowest BCUT2D eigenvalue weighted by atomic mass is 10.2. The Morgan fingerprint density at radius 2 is 2.05 bits per heavy atom. The largest absolute Gasteiger partial charge is 0.322 e. The van der Waals surface area contributed by atoms with Gasteiger partial charge in [0.1, 0.15) is 0 Å². The van der Waals surface area contributed by atoms with Crippen molar-refractivity contribution in [2.45, 2.75) is 17.7 Å². The highest BCUT2D eigenvalue weighted by molar-refractivity contribution is 7.92. The molecule has 0 aliphatic heterocycles. The van der Waals surface area contributed by atoms with Crippen LogP contribution in [-0.4, -0.2) is 24.5 Å². The lowest BCUT2D eigenvalue weighted by Crippen LogP contribution is -2.33. The van der Waals surface area contributed by atoms with Crippen molar-refractivity contribution in [1.82, 2.24) is 0 Å². The maximum absolute atomic E-state index is 11.5. The van der Waals surface area contributed by atoms with Gasteiger partial charge in [-0.25, -0.2) is 8.42 Å². The second kappa shape index (κ2) is 4.77. The Morgan fingerprint density at radius 1 is 1.42 bits per heavy atom. The quantitative estimate of drug-likeness (QED) is 0.612. The molecule has 1 saturated carbocycles. The van der Waals surface area contributed by atoms with Crippen molar-refractivity contribution in [2.75, 3.05) is 6.26 Å². The van der Waals surface area contributed by atoms with E-state index in [0.717, 1.165) is 11.8 Å². The standard InChI is InChI=1S/C13H15NO4S/c1-19(17,18)13(14(15)16)10-12(13)9-5-8-11-6-3-2-4-7-11/h2-8,12H,9-10H2,1H3/b8-5+/t12-,13+/m0/s1. The molecule has 1 fully saturated rings. The molecule has 2 atom stereocenters. The van der Waals surface area contributed by atoms with Crippen molar-refractivity contribution in [3.05, 3.63) is 52.1 Å². The fraction of sp³-hybridized carbons (Fsp3) is 0.385. The maximum atomic E-state index is 11.5. The van der Waals surface area contributed by atoms with Gasteiger partial charge in [0.05, 0.1) is 5.92 Å². The van der Waals surface area contributed by atoms with Gasteiger partial charge in [-0.15, -0.1) is 0 Å². The van der Waals surface area contributed by atoms with Gasteiger partial charge >= 0.3 is 4.87 Å². The third kappa shape index (κ3) is 2.53. The molecule has 0 bridgehead atoms. The Bertz CT molecular complexity index is 609. The van der Waals surface area contributed by atoms with E-state index in [2.05, 4.69) is 0 Å². The third-order valence-corrected chi connectivity index (χ3v) is 5.43. The second-order valence-corrected chi connectivity index (χ2v) is 7.08. The Labute approximate surface area is 112 Å². The molecule has 1 aromatic carbocycles. The van der Waals surface area contributed by atoms with E-state index < -0.39 is 25.5 Å². The van der Waals surface area contributed by atoms with Crippen LogP contribution in [0.25, 0.3) is 6.08 Å². The maximum Gasteiger partial charge on any atom is 0.322 e. The van der Waals surface area contributed by atoms with Crippen LogP contribution in [0.15, 0.2) is 36.4 Å². The van der Waals surface area contributed by atoms with Gasteiger partial charge in [0.2, 0.25) is 9.84 Å². The van der Waals surface area contributed by atoms with E-state index in [-0.39, 0.29) is 6.42 Å². The van der Waals surface area contributed by atoms with Gasteiger partial charge < -0.3 is 0 Å². The minimum Gasteiger partial charge on any atom is -0.263 e. The lowest BCUT2D eigenvalue weighted by molar-refractivity contribution is -0.515. The normalized spacial score (nSPS) is 26.5. The summed E-state index contributed by atoms with van der Waals surface area (Å²) in [5, 5.41) is 11.0. The molecule has 102 valence electrons. The summed E-state index contributed by atoms with van der Waals surface area (Å²) in [5.74, 6) is -0.419. The first-order valence-corrected chi connectivity index (χ1v) is 7.83. The van der Waals surface area contributed by atoms with Crippen molar-refractivity contribution >= 4 is 15.9 Å². The summed E-state index contributed by atoms with van der Waals surface area (Å²) in [6.07, 6.45) is 5.11. The summed E-state index contributed by atoms with van der Waals surface area (Å²) >= 11 is 0. The highest BCUT2D eigenvalue weighted by Gasteiger charge is 2.73. The molecule has 1 aliphatic rings. The predicted octanol–water partition coefficient (Wildman–Crippen LogP) is 2.13. The van der Waals surface area contributed by atoms with Crippen molar-refractivity contribution in [3.63, 3.8) is 0 Å². The monoisotopic (exact) mass is 281 g/mol. The molecule has 0 radical (unpaired) electrons. The first-order valence-electron chi connectivity index (χ1n) is 5.93. The molecule has 6 heteroatoms. The average molecular weight is 281 g/mol. The van der Waals surface area contributed by atoms with Crippen LogP contribution in [0.1, 0.15) is 18.4 Å². The number of hydrogen-bond donors (Lipinski definition) is 0. The summed E-state index contributed by atoms with van der Waals surface area (Å²) in [6.45, 7) is 0. The number of benzene rings is 1. The summed E-state index contributed by atoms with van der Waals surface area (Å²) < 4.78 is 23.1. The molecule has 19 heavy (non-hydrogen) atoms. The number of allylic oxidation sites excluding steroid dienone is 1. The summed E-state index contributed by atoms with van der Waals surface area (Å²) in [4.78, 5) is 8.57. The van der Waals surface area contributed by atoms with E-state index in [1.807, 2.05) is 36.4 Å². The molecule has 0 N–H and O–H groups in total. The molecule has 5 nitrogen and oxygen atoms in total. The van der Waals surface area contributed by atoms with Gasteiger partial charge in [0.25, 0.3) is 0 Å². The molecule has 0 saturated heterocycles. The Hall–Kier alpha value is -1.69. The zero-order chi connectivity index (χ0) is 14.1. The molecule has 0 spiro atoms. The Kier molecular flexibility index (Phi) is 3.45. The van der Waals surface area contributed by atoms with Gasteiger partial charge in [0.15, 0.2) is 0 Å². The van der Waals surface area contributed by atoms with Gasteiger partial charge in [-0.1, -0.05) is 42.5 Å². The summed E-state index contributed by atoms with van der Waals surface area (Å²) in [5.41, 5.74) is 0.995. The van der Waals surface area contributed by atoms with E-state index in [9.17, 15) is 18.5 Å². The molecule has 1 aromatic rings. The molecule has 0 amide bonds. The van der Waals surface area contributed by atoms with Gasteiger partial charge in [0, 0.05) is 17.6 Å². The van der Waals surface area contributed by atoms with Crippen LogP contribution < -0.4 is 0 Å². The minimum absolute atomic E-state index is 0.109. The number of nitro groups is 1. The Morgan fingerprint density at radius 3 is 2.53 bits per heavy atom. The average Bonchev–Trinajstić information content (AvgIpc) is 3.06. The summed E-state index contributed by atoms with van der Waals surface area (Å²) in [6, 6.07) is 9.53. The molecule has 0 heterocycles. The molecular weight excluding hydrogens is 266 g/mol. The zero-order valence-electron chi connectivity index (χ0n) is 10.5. The van der Waals surface area contributed by atoms with Gasteiger partial charge in [-0.2, -0.15) is 0 Å². The van der Waals surface area contributed by atoms with Crippen LogP contribution >= 0.6 is 0 Å². The fourth-order valence-electron chi connectivity index (χ4n) is 2.31. The number of sulfone groups is 1. The van der Waals surface area contributed by atoms with Crippen LogP contribution in [0.5, 0.6) is 0 Å². The van der Waals surface area contributed by atoms with E-state index in [1.165, 1.54) is 0 Å². The Balaban J connectivity index is 2.04. The van der Waals surface area contributed by atoms with Crippen LogP contribution in [0, 0.1) is 16.0 Å². The number of nitrogens with zero attached hydrogens (tertiary/aromatic N) is 1. The molecule has 0 aromatic heterocycles. The van der Waals surface area contributed by atoms with Gasteiger partial charge in [-0.3, -0.25) is 10.1 Å². The van der Waals surface area contributed by atoms with Crippen molar-refractivity contribution < 1.29 is 13.3 Å². The lowest BCUT2D eigenvalue weighted by Gasteiger charge is -2.05. The third-order valence-electron chi connectivity index (χ3n) is 3.50. The second-order valence-electron chi connectivity index (χ2n) is 4.82. The van der Waals surface area contributed by atoms with Gasteiger partial charge in [-0.05, 0) is 12.0 Å². The molecular formula is C13H15NO4S. The fourth-order valence-corrected chi connectivity index (χ4v) is 3.78. The first kappa shape index (κ1) is 13.7. The molecule has 2 rings (SSSR count). The predicted molar refractivity (Wildman–Crippen MR) is 72.8 cm³/mol. The molecule has 1 aliphatic carbocycles. The number of hydrogen-bond acceptors (Lipinski definition) is 4. The smallest absolute Gasteiger partial charge is 0.263 e. The van der Waals surface area contributed by atoms with Crippen molar-refractivity contribution in [1.29, 1.82) is 0 Å². The van der Waals surface area contributed by atoms with Crippen molar-refractivity contribution in [2.24, 2.45) is 5.92 Å². The SMILES string of the molecule is CS(=O)(=O)[C@]1([N+](=O)[O-])C[C@@H]1C/C=C/c1ccccc1. The highest BCUT2D eigenvalue weighted by Crippen LogP contribution is 2.52. The topological polar surface area (TPSA) is 77.3 Å². The first-order chi connectivity index (χ1) is 8.88. The minimum atomic E-state index is -3.67. The van der Waals surface area contributed by atoms with E-state index >= 15 is 0 Å². The molecule has 0 unspecified atom stereocenters. The van der Waals surface area contributed by atoms with Crippen LogP contribution in [-0.2, 0) is 9.84 Å². The van der Waals surface area contributed by atoms with Crippen LogP contribution in [0.3, 0.4) is 0 Å². The number of rotatable bonds is 5. The van der Waals surface area contributed by atoms with Crippen LogP contribution in [0.4, 0.5) is 0 Å². The van der Waals surface area contributed by atoms with E-state index in [1.54, 1.807) is 6.08 Å². The van der Waals surface area contributed by atoms with Crippen LogP contribution in [0.2, 0.25) is 0 Å². The highest BCUT2D eigenvalue weighted by atomic mass is 32.2.